The molecule has 0 aromatic heterocycles. The van der Waals surface area contributed by atoms with Crippen molar-refractivity contribution in [2.24, 2.45) is 11.8 Å². The largest absolute Gasteiger partial charge is 0.517 e. The molecule has 5 aliphatic rings. The van der Waals surface area contributed by atoms with Crippen LogP contribution in [-0.4, -0.2) is 109 Å². The summed E-state index contributed by atoms with van der Waals surface area (Å²) in [5.41, 5.74) is -11.7. The molecule has 16 nitrogen and oxygen atoms in total. The molecule has 2 unspecified atom stereocenters. The van der Waals surface area contributed by atoms with Crippen LogP contribution in [0, 0.1) is 11.8 Å². The predicted molar refractivity (Wildman–Crippen MR) is 285 cm³/mol. The van der Waals surface area contributed by atoms with Crippen molar-refractivity contribution in [2.45, 2.75) is 141 Å². The Balaban J connectivity index is 0.000000339. The molecule has 2 aliphatic heterocycles. The van der Waals surface area contributed by atoms with Gasteiger partial charge in [0, 0.05) is 70.8 Å². The van der Waals surface area contributed by atoms with E-state index < -0.39 is 55.9 Å². The molecule has 3 aromatic carbocycles. The highest BCUT2D eigenvalue weighted by Gasteiger charge is 2.61. The van der Waals surface area contributed by atoms with Gasteiger partial charge < -0.3 is 28.6 Å². The number of para-hydroxylation sites is 1. The summed E-state index contributed by atoms with van der Waals surface area (Å²) in [6.45, 7) is 7.34. The number of benzene rings is 3. The third-order valence-electron chi connectivity index (χ3n) is 12.8. The van der Waals surface area contributed by atoms with Gasteiger partial charge in [-0.25, -0.2) is 0 Å². The minimum atomic E-state index is -6.81. The maximum absolute atomic E-state index is 12.4. The van der Waals surface area contributed by atoms with Gasteiger partial charge >= 0.3 is 39.1 Å². The summed E-state index contributed by atoms with van der Waals surface area (Å²) in [6.07, 6.45) is 12.8. The number of hydrogen-bond donors (Lipinski definition) is 1. The molecule has 2 heterocycles. The van der Waals surface area contributed by atoms with Gasteiger partial charge in [0.05, 0.1) is 38.7 Å². The van der Waals surface area contributed by atoms with Crippen molar-refractivity contribution < 1.29 is 95.0 Å². The van der Waals surface area contributed by atoms with E-state index in [2.05, 4.69) is 0 Å². The Morgan fingerprint density at radius 2 is 1.01 bits per heavy atom. The Morgan fingerprint density at radius 3 is 1.42 bits per heavy atom. The number of aliphatic hydroxyl groups is 1. The molecule has 2 spiro atoms. The second-order valence-corrected chi connectivity index (χ2v) is 26.3. The first-order valence-corrected chi connectivity index (χ1v) is 31.5. The number of nitrogens with zero attached hydrogens (tertiary/aromatic N) is 1. The van der Waals surface area contributed by atoms with Gasteiger partial charge in [0.2, 0.25) is 7.37 Å². The number of Topliss-reactive ketones (excluding diaryl/α,β-unsaturated/α-hetero) is 2. The van der Waals surface area contributed by atoms with Crippen molar-refractivity contribution in [3.63, 3.8) is 0 Å². The van der Waals surface area contributed by atoms with Crippen molar-refractivity contribution >= 4 is 52.7 Å². The van der Waals surface area contributed by atoms with Crippen LogP contribution >= 0.6 is 15.4 Å². The molecule has 3 saturated carbocycles. The van der Waals surface area contributed by atoms with Gasteiger partial charge in [-0.15, -0.1) is 8.23 Å². The normalized spacial score (nSPS) is 19.3. The number of ether oxygens (including phenoxy) is 4. The van der Waals surface area contributed by atoms with Crippen LogP contribution in [0.2, 0.25) is 0 Å². The summed E-state index contributed by atoms with van der Waals surface area (Å²) < 4.78 is 173. The third-order valence-corrected chi connectivity index (χ3v) is 18.7. The van der Waals surface area contributed by atoms with Crippen molar-refractivity contribution in [3.8, 4) is 0 Å². The van der Waals surface area contributed by atoms with Crippen LogP contribution in [0.3, 0.4) is 0 Å². The zero-order valence-electron chi connectivity index (χ0n) is 42.5. The molecule has 442 valence electrons. The molecule has 0 amide bonds. The molecule has 1 N–H and O–H groups in total. The average molecular weight is 1200 g/mol. The lowest BCUT2D eigenvalue weighted by atomic mass is 9.83. The van der Waals surface area contributed by atoms with Crippen LogP contribution in [-0.2, 0) is 80.0 Å². The molecule has 78 heavy (non-hydrogen) atoms. The van der Waals surface area contributed by atoms with Gasteiger partial charge in [-0.3, -0.25) is 14.2 Å². The minimum Gasteiger partial charge on any atom is -0.396 e. The number of halogens is 6. The number of alkyl halides is 6. The Labute approximate surface area is 456 Å². The standard InChI is InChI=1S/C16H23O3P.C10H18O3.C8H5F6NO4S2.C8H12O3.C8H10O2P.2CH4/c1-20(18,19-13-15-5-3-2-4-6-15)12-11-14-7-9-16(17)10-8-14;11-6-3-9-1-4-10(5-2-9)12-7-8-13-10;9-7(10,11)20(16,17)15(6-4-2-1-3-5-6)21(18,19)8(12,13)14;9-7-1-3-8(4-2-7)10-5-6-11-8;1-11(9)10-7-8-5-3-2-4-6-8;;/h2-6,14H,7-13H2,1H3;9,11H,1-8H2;1-5H;1-6H2;2-6H,7H2,1H3;2*1H4/q;;;;+1;;. The SMILES string of the molecule is C.C.CP(=O)(CCC1CCC(=O)CC1)OCc1ccccc1.C[P+](=O)OCc1ccccc1.O=C1CCC2(CC1)OCCO2.O=S(=O)(N(c1ccccc1)S(=O)(=O)C(F)(F)F)C(F)(F)F.OCCC1CCC2(CC1)OCCO2. The van der Waals surface area contributed by atoms with E-state index in [-0.39, 0.29) is 26.4 Å². The first-order chi connectivity index (χ1) is 35.7. The molecule has 3 aromatic rings. The molecule has 2 atom stereocenters. The first-order valence-electron chi connectivity index (χ1n) is 24.7. The second-order valence-electron chi connectivity index (χ2n) is 18.6. The highest BCUT2D eigenvalue weighted by molar-refractivity contribution is 8.11. The first kappa shape index (κ1) is 70.4. The van der Waals surface area contributed by atoms with E-state index in [0.717, 1.165) is 107 Å². The van der Waals surface area contributed by atoms with E-state index in [1.165, 1.54) is 0 Å². The number of carbonyl (C=O) groups is 2. The smallest absolute Gasteiger partial charge is 0.396 e. The molecule has 0 bridgehead atoms. The molecular formula is C52H76F6NO15P2S2+. The Kier molecular flexibility index (Phi) is 29.5. The lowest BCUT2D eigenvalue weighted by molar-refractivity contribution is -0.183. The molecule has 3 aliphatic carbocycles. The number of rotatable bonds is 14. The monoisotopic (exact) mass is 1190 g/mol. The molecular weight excluding hydrogens is 1120 g/mol. The summed E-state index contributed by atoms with van der Waals surface area (Å²) in [6, 6.07) is 23.4. The van der Waals surface area contributed by atoms with Gasteiger partial charge in [0.25, 0.3) is 0 Å². The van der Waals surface area contributed by atoms with Gasteiger partial charge in [0.1, 0.15) is 18.2 Å². The maximum atomic E-state index is 12.4. The van der Waals surface area contributed by atoms with E-state index in [1.807, 2.05) is 60.7 Å². The van der Waals surface area contributed by atoms with Gasteiger partial charge in [-0.2, -0.15) is 43.2 Å². The van der Waals surface area contributed by atoms with Crippen LogP contribution in [0.15, 0.2) is 91.0 Å². The number of aliphatic hydroxyl groups excluding tert-OH is 1. The number of ketones is 2. The highest BCUT2D eigenvalue weighted by atomic mass is 32.3. The number of anilines is 1. The topological polar surface area (TPSA) is 215 Å². The molecule has 5 fully saturated rings. The van der Waals surface area contributed by atoms with Crippen LogP contribution in [0.5, 0.6) is 0 Å². The predicted octanol–water partition coefficient (Wildman–Crippen LogP) is 12.5. The van der Waals surface area contributed by atoms with E-state index in [9.17, 15) is 61.9 Å². The summed E-state index contributed by atoms with van der Waals surface area (Å²) in [7, 11) is -17.6. The Morgan fingerprint density at radius 1 is 0.628 bits per heavy atom. The number of hydrogen-bond acceptors (Lipinski definition) is 15. The summed E-state index contributed by atoms with van der Waals surface area (Å²) >= 11 is 0. The Hall–Kier alpha value is -3.67. The fraction of sp³-hybridized carbons (Fsp3) is 0.615. The highest BCUT2D eigenvalue weighted by Crippen LogP contribution is 2.46. The van der Waals surface area contributed by atoms with Crippen LogP contribution in [0.1, 0.15) is 116 Å². The number of sulfonamides is 2. The van der Waals surface area contributed by atoms with Gasteiger partial charge in [0.15, 0.2) is 18.2 Å². The maximum Gasteiger partial charge on any atom is 0.517 e. The summed E-state index contributed by atoms with van der Waals surface area (Å²) in [5.74, 6) is 1.35. The molecule has 2 saturated heterocycles. The van der Waals surface area contributed by atoms with E-state index in [0.29, 0.717) is 100 Å². The fourth-order valence-corrected chi connectivity index (χ4v) is 12.9. The zero-order chi connectivity index (χ0) is 56.1. The van der Waals surface area contributed by atoms with E-state index in [4.69, 9.17) is 33.1 Å². The van der Waals surface area contributed by atoms with E-state index >= 15 is 0 Å². The minimum absolute atomic E-state index is 0. The third kappa shape index (κ3) is 23.1. The summed E-state index contributed by atoms with van der Waals surface area (Å²) in [4.78, 5) is 22.1. The summed E-state index contributed by atoms with van der Waals surface area (Å²) in [5, 5.41) is 8.81. The Bertz CT molecular complexity index is 2460. The van der Waals surface area contributed by atoms with Crippen molar-refractivity contribution in [1.29, 1.82) is 0 Å². The van der Waals surface area contributed by atoms with Gasteiger partial charge in [-0.1, -0.05) is 93.7 Å². The molecule has 26 heteroatoms. The van der Waals surface area contributed by atoms with Crippen LogP contribution in [0.4, 0.5) is 32.0 Å². The quantitative estimate of drug-likeness (QED) is 0.117. The average Bonchev–Trinajstić information content (AvgIpc) is 4.05. The van der Waals surface area contributed by atoms with Crippen LogP contribution < -0.4 is 3.71 Å². The fourth-order valence-electron chi connectivity index (χ4n) is 8.51. The number of carbonyl (C=O) groups excluding carboxylic acids is 2. The van der Waals surface area contributed by atoms with Crippen molar-refractivity contribution in [1.82, 2.24) is 0 Å². The zero-order valence-corrected chi connectivity index (χ0v) is 45.9. The lowest BCUT2D eigenvalue weighted by Crippen LogP contribution is -2.49. The van der Waals surface area contributed by atoms with Crippen molar-refractivity contribution in [3.05, 3.63) is 102 Å². The van der Waals surface area contributed by atoms with Crippen LogP contribution in [0.25, 0.3) is 0 Å². The lowest BCUT2D eigenvalue weighted by Gasteiger charge is -2.35. The molecule has 0 radical (unpaired) electrons. The van der Waals surface area contributed by atoms with Crippen molar-refractivity contribution in [2.75, 3.05) is 56.2 Å². The molecule has 8 rings (SSSR count). The van der Waals surface area contributed by atoms with Gasteiger partial charge in [-0.05, 0) is 78.2 Å². The van der Waals surface area contributed by atoms with E-state index in [1.54, 1.807) is 13.3 Å². The second kappa shape index (κ2) is 32.7.